The van der Waals surface area contributed by atoms with Gasteiger partial charge in [-0.1, -0.05) is 15.9 Å². The van der Waals surface area contributed by atoms with Crippen molar-refractivity contribution in [3.8, 4) is 5.75 Å². The maximum absolute atomic E-state index is 11.5. The number of nitro groups is 1. The average molecular weight is 393 g/mol. The highest BCUT2D eigenvalue weighted by Crippen LogP contribution is 2.31. The number of hydrogen-bond acceptors (Lipinski definition) is 5. The second kappa shape index (κ2) is 7.44. The van der Waals surface area contributed by atoms with Gasteiger partial charge >= 0.3 is 0 Å². The predicted molar refractivity (Wildman–Crippen MR) is 95.9 cm³/mol. The molecule has 0 aromatic heterocycles. The number of rotatable bonds is 6. The molecule has 0 spiro atoms. The van der Waals surface area contributed by atoms with Crippen molar-refractivity contribution in [2.45, 2.75) is 13.5 Å². The lowest BCUT2D eigenvalue weighted by Gasteiger charge is -2.21. The van der Waals surface area contributed by atoms with Gasteiger partial charge in [-0.05, 0) is 37.3 Å². The molecular weight excluding hydrogens is 376 g/mol. The molecule has 6 nitrogen and oxygen atoms in total. The summed E-state index contributed by atoms with van der Waals surface area (Å²) in [6, 6.07) is 10.1. The van der Waals surface area contributed by atoms with Crippen LogP contribution in [0, 0.1) is 10.1 Å². The van der Waals surface area contributed by atoms with Crippen LogP contribution < -0.4 is 9.64 Å². The first kappa shape index (κ1) is 17.9. The van der Waals surface area contributed by atoms with Gasteiger partial charge in [-0.25, -0.2) is 0 Å². The molecule has 126 valence electrons. The van der Waals surface area contributed by atoms with E-state index >= 15 is 0 Å². The first-order valence-electron chi connectivity index (χ1n) is 7.16. The molecule has 0 saturated heterocycles. The van der Waals surface area contributed by atoms with Gasteiger partial charge < -0.3 is 9.64 Å². The smallest absolute Gasteiger partial charge is 0.293 e. The Morgan fingerprint density at radius 2 is 2.00 bits per heavy atom. The quantitative estimate of drug-likeness (QED) is 0.418. The molecule has 0 N–H and O–H groups in total. The summed E-state index contributed by atoms with van der Waals surface area (Å²) in [5, 5.41) is 11.4. The molecule has 0 amide bonds. The number of nitro benzene ring substituents is 1. The van der Waals surface area contributed by atoms with Crippen molar-refractivity contribution in [2.24, 2.45) is 0 Å². The Hall–Kier alpha value is -2.41. The Bertz CT molecular complexity index is 792. The van der Waals surface area contributed by atoms with E-state index in [-0.39, 0.29) is 11.5 Å². The van der Waals surface area contributed by atoms with Crippen molar-refractivity contribution in [3.63, 3.8) is 0 Å². The van der Waals surface area contributed by atoms with E-state index in [9.17, 15) is 14.9 Å². The molecule has 2 rings (SSSR count). The van der Waals surface area contributed by atoms with Gasteiger partial charge in [-0.2, -0.15) is 0 Å². The van der Waals surface area contributed by atoms with Crippen LogP contribution in [0.2, 0.25) is 0 Å². The lowest BCUT2D eigenvalue weighted by atomic mass is 10.1. The number of carbonyl (C=O) groups is 1. The van der Waals surface area contributed by atoms with E-state index < -0.39 is 4.92 Å². The minimum absolute atomic E-state index is 0.0980. The average Bonchev–Trinajstić information content (AvgIpc) is 2.54. The van der Waals surface area contributed by atoms with Crippen LogP contribution in [0.3, 0.4) is 0 Å². The number of carbonyl (C=O) groups excluding carboxylic acids is 1. The van der Waals surface area contributed by atoms with Gasteiger partial charge in [0, 0.05) is 35.3 Å². The molecule has 0 heterocycles. The lowest BCUT2D eigenvalue weighted by molar-refractivity contribution is -0.384. The zero-order chi connectivity index (χ0) is 17.9. The van der Waals surface area contributed by atoms with Gasteiger partial charge in [0.25, 0.3) is 5.69 Å². The molecular formula is C17H17BrN2O4. The highest BCUT2D eigenvalue weighted by Gasteiger charge is 2.20. The van der Waals surface area contributed by atoms with E-state index in [1.165, 1.54) is 13.0 Å². The van der Waals surface area contributed by atoms with Crippen LogP contribution in [-0.4, -0.2) is 24.9 Å². The third kappa shape index (κ3) is 3.91. The summed E-state index contributed by atoms with van der Waals surface area (Å²) in [5.74, 6) is 0.494. The standard InChI is InChI=1S/C17H17BrN2O4/c1-11(21)12-4-6-15(16(9-12)20(22)23)19(2)10-13-8-14(18)5-7-17(13)24-3/h4-9H,10H2,1-3H3. The van der Waals surface area contributed by atoms with Crippen LogP contribution in [0.1, 0.15) is 22.8 Å². The zero-order valence-corrected chi connectivity index (χ0v) is 15.2. The van der Waals surface area contributed by atoms with E-state index in [0.29, 0.717) is 23.5 Å². The Balaban J connectivity index is 2.39. The summed E-state index contributed by atoms with van der Waals surface area (Å²) >= 11 is 3.42. The molecule has 0 aliphatic rings. The molecule has 2 aromatic rings. The van der Waals surface area contributed by atoms with Crippen molar-refractivity contribution in [2.75, 3.05) is 19.1 Å². The Kier molecular flexibility index (Phi) is 5.56. The number of ketones is 1. The normalized spacial score (nSPS) is 10.3. The summed E-state index contributed by atoms with van der Waals surface area (Å²) < 4.78 is 6.24. The van der Waals surface area contributed by atoms with E-state index in [4.69, 9.17) is 4.74 Å². The molecule has 0 unspecified atom stereocenters. The van der Waals surface area contributed by atoms with Crippen LogP contribution in [0.4, 0.5) is 11.4 Å². The minimum atomic E-state index is -0.476. The summed E-state index contributed by atoms with van der Waals surface area (Å²) in [6.45, 7) is 1.80. The topological polar surface area (TPSA) is 72.7 Å². The molecule has 2 aromatic carbocycles. The number of methoxy groups -OCH3 is 1. The highest BCUT2D eigenvalue weighted by atomic mass is 79.9. The third-order valence-electron chi connectivity index (χ3n) is 3.64. The number of Topliss-reactive ketones (excluding diaryl/α,β-unsaturated/α-hetero) is 1. The van der Waals surface area contributed by atoms with Crippen LogP contribution in [0.15, 0.2) is 40.9 Å². The summed E-state index contributed by atoms with van der Waals surface area (Å²) in [4.78, 5) is 24.1. The molecule has 0 aliphatic heterocycles. The summed E-state index contributed by atoms with van der Waals surface area (Å²) in [5.41, 5.74) is 1.55. The molecule has 0 aliphatic carbocycles. The van der Waals surface area contributed by atoms with Crippen molar-refractivity contribution in [1.82, 2.24) is 0 Å². The Labute approximate surface area is 148 Å². The maximum Gasteiger partial charge on any atom is 0.293 e. The fraction of sp³-hybridized carbons (Fsp3) is 0.235. The monoisotopic (exact) mass is 392 g/mol. The lowest BCUT2D eigenvalue weighted by Crippen LogP contribution is -2.18. The summed E-state index contributed by atoms with van der Waals surface area (Å²) in [7, 11) is 3.34. The van der Waals surface area contributed by atoms with Gasteiger partial charge in [0.05, 0.1) is 12.0 Å². The molecule has 7 heteroatoms. The molecule has 0 atom stereocenters. The largest absolute Gasteiger partial charge is 0.496 e. The molecule has 24 heavy (non-hydrogen) atoms. The Morgan fingerprint density at radius 3 is 2.58 bits per heavy atom. The highest BCUT2D eigenvalue weighted by molar-refractivity contribution is 9.10. The van der Waals surface area contributed by atoms with E-state index in [2.05, 4.69) is 15.9 Å². The minimum Gasteiger partial charge on any atom is -0.496 e. The summed E-state index contributed by atoms with van der Waals surface area (Å²) in [6.07, 6.45) is 0. The predicted octanol–water partition coefficient (Wildman–Crippen LogP) is 4.20. The van der Waals surface area contributed by atoms with Crippen molar-refractivity contribution in [1.29, 1.82) is 0 Å². The van der Waals surface area contributed by atoms with Crippen molar-refractivity contribution in [3.05, 3.63) is 62.1 Å². The number of hydrogen-bond donors (Lipinski definition) is 0. The number of ether oxygens (including phenoxy) is 1. The van der Waals surface area contributed by atoms with E-state index in [1.807, 2.05) is 18.2 Å². The number of anilines is 1. The first-order valence-corrected chi connectivity index (χ1v) is 7.95. The second-order valence-electron chi connectivity index (χ2n) is 5.33. The van der Waals surface area contributed by atoms with Gasteiger partial charge in [0.2, 0.25) is 0 Å². The fourth-order valence-electron chi connectivity index (χ4n) is 2.42. The van der Waals surface area contributed by atoms with Crippen LogP contribution >= 0.6 is 15.9 Å². The molecule has 0 bridgehead atoms. The van der Waals surface area contributed by atoms with Gasteiger partial charge in [0.1, 0.15) is 11.4 Å². The van der Waals surface area contributed by atoms with E-state index in [0.717, 1.165) is 10.0 Å². The van der Waals surface area contributed by atoms with Crippen LogP contribution in [0.25, 0.3) is 0 Å². The molecule has 0 radical (unpaired) electrons. The van der Waals surface area contributed by atoms with Crippen molar-refractivity contribution >= 4 is 33.1 Å². The van der Waals surface area contributed by atoms with Crippen molar-refractivity contribution < 1.29 is 14.5 Å². The second-order valence-corrected chi connectivity index (χ2v) is 6.24. The van der Waals surface area contributed by atoms with E-state index in [1.54, 1.807) is 31.2 Å². The molecule has 0 fully saturated rings. The fourth-order valence-corrected chi connectivity index (χ4v) is 2.83. The third-order valence-corrected chi connectivity index (χ3v) is 4.13. The number of halogens is 1. The molecule has 0 saturated carbocycles. The van der Waals surface area contributed by atoms with Gasteiger partial charge in [0.15, 0.2) is 5.78 Å². The van der Waals surface area contributed by atoms with Gasteiger partial charge in [-0.3, -0.25) is 14.9 Å². The maximum atomic E-state index is 11.5. The number of benzene rings is 2. The number of nitrogens with zero attached hydrogens (tertiary/aromatic N) is 2. The SMILES string of the molecule is COc1ccc(Br)cc1CN(C)c1ccc(C(C)=O)cc1[N+](=O)[O-]. The van der Waals surface area contributed by atoms with Gasteiger partial charge in [-0.15, -0.1) is 0 Å². The van der Waals surface area contributed by atoms with Crippen LogP contribution in [-0.2, 0) is 6.54 Å². The Morgan fingerprint density at radius 1 is 1.29 bits per heavy atom. The first-order chi connectivity index (χ1) is 11.3. The zero-order valence-electron chi connectivity index (χ0n) is 13.6. The van der Waals surface area contributed by atoms with Crippen LogP contribution in [0.5, 0.6) is 5.75 Å².